The molecule has 0 fully saturated rings. The number of rotatable bonds is 4. The van der Waals surface area contributed by atoms with Crippen molar-refractivity contribution in [3.63, 3.8) is 0 Å². The molecule has 1 aliphatic heterocycles. The quantitative estimate of drug-likeness (QED) is 0.178. The number of para-hydroxylation sites is 1. The largest absolute Gasteiger partial charge is 0.252 e. The van der Waals surface area contributed by atoms with Crippen molar-refractivity contribution in [2.24, 2.45) is 4.99 Å². The molecule has 9 rings (SSSR count). The van der Waals surface area contributed by atoms with E-state index in [4.69, 9.17) is 4.99 Å². The van der Waals surface area contributed by atoms with Crippen LogP contribution in [0.5, 0.6) is 0 Å². The molecule has 1 heteroatoms. The molecule has 0 N–H and O–H groups in total. The third-order valence-electron chi connectivity index (χ3n) is 9.91. The van der Waals surface area contributed by atoms with Crippen molar-refractivity contribution >= 4 is 43.7 Å². The third-order valence-corrected chi connectivity index (χ3v) is 9.91. The highest BCUT2D eigenvalue weighted by molar-refractivity contribution is 6.22. The summed E-state index contributed by atoms with van der Waals surface area (Å²) in [5.74, 6) is 0.234. The molecule has 47 heavy (non-hydrogen) atoms. The van der Waals surface area contributed by atoms with Gasteiger partial charge in [-0.1, -0.05) is 158 Å². The van der Waals surface area contributed by atoms with Crippen LogP contribution in [0.1, 0.15) is 29.0 Å². The van der Waals surface area contributed by atoms with Crippen molar-refractivity contribution in [1.82, 2.24) is 0 Å². The standard InChI is InChI=1S/C46H33N/c1-2-13-32(14-3-1)38-29-28-33-15-6-11-21-43(33)47-46(38)35-25-23-34(24-26-35)44-39-17-7-9-19-41(39)45(42-20-10-8-18-40(42)44)37-27-22-31-12-4-5-16-36(31)30-37/h1-27,30,38H,28-29H2. The number of fused-ring (bicyclic) bond motifs is 4. The summed E-state index contributed by atoms with van der Waals surface area (Å²) >= 11 is 0. The van der Waals surface area contributed by atoms with Gasteiger partial charge in [-0.3, -0.25) is 4.99 Å². The van der Waals surface area contributed by atoms with E-state index in [0.717, 1.165) is 24.2 Å². The molecule has 0 saturated carbocycles. The van der Waals surface area contributed by atoms with Gasteiger partial charge in [0.05, 0.1) is 11.4 Å². The van der Waals surface area contributed by atoms with E-state index < -0.39 is 0 Å². The molecule has 8 aromatic rings. The minimum Gasteiger partial charge on any atom is -0.252 e. The van der Waals surface area contributed by atoms with Gasteiger partial charge < -0.3 is 0 Å². The van der Waals surface area contributed by atoms with E-state index >= 15 is 0 Å². The molecule has 0 saturated heterocycles. The first-order valence-electron chi connectivity index (χ1n) is 16.6. The summed E-state index contributed by atoms with van der Waals surface area (Å²) in [5, 5.41) is 7.60. The van der Waals surface area contributed by atoms with Gasteiger partial charge in [0.2, 0.25) is 0 Å². The van der Waals surface area contributed by atoms with Crippen molar-refractivity contribution in [3.05, 3.63) is 187 Å². The van der Waals surface area contributed by atoms with Crippen molar-refractivity contribution in [3.8, 4) is 22.3 Å². The first kappa shape index (κ1) is 27.5. The zero-order chi connectivity index (χ0) is 31.2. The van der Waals surface area contributed by atoms with E-state index in [1.54, 1.807) is 0 Å². The van der Waals surface area contributed by atoms with Gasteiger partial charge in [-0.05, 0) is 96.2 Å². The van der Waals surface area contributed by atoms with Gasteiger partial charge in [0.25, 0.3) is 0 Å². The van der Waals surface area contributed by atoms with Crippen LogP contribution >= 0.6 is 0 Å². The Morgan fingerprint density at radius 3 is 1.66 bits per heavy atom. The van der Waals surface area contributed by atoms with E-state index in [2.05, 4.69) is 170 Å². The van der Waals surface area contributed by atoms with Gasteiger partial charge in [0, 0.05) is 5.92 Å². The van der Waals surface area contributed by atoms with Crippen LogP contribution in [0.25, 0.3) is 54.6 Å². The molecule has 222 valence electrons. The van der Waals surface area contributed by atoms with Crippen LogP contribution in [0.15, 0.2) is 175 Å². The monoisotopic (exact) mass is 599 g/mol. The lowest BCUT2D eigenvalue weighted by molar-refractivity contribution is 0.776. The molecule has 1 nitrogen and oxygen atoms in total. The number of hydrogen-bond acceptors (Lipinski definition) is 1. The average molecular weight is 600 g/mol. The van der Waals surface area contributed by atoms with E-state index in [1.807, 2.05) is 0 Å². The lowest BCUT2D eigenvalue weighted by Gasteiger charge is -2.20. The third kappa shape index (κ3) is 4.83. The molecule has 8 aromatic carbocycles. The second kappa shape index (κ2) is 11.5. The normalized spacial score (nSPS) is 14.6. The number of hydrogen-bond donors (Lipinski definition) is 0. The second-order valence-electron chi connectivity index (χ2n) is 12.6. The van der Waals surface area contributed by atoms with E-state index in [9.17, 15) is 0 Å². The fraction of sp³-hybridized carbons (Fsp3) is 0.0652. The summed E-state index contributed by atoms with van der Waals surface area (Å²) in [7, 11) is 0. The highest BCUT2D eigenvalue weighted by Crippen LogP contribution is 2.44. The van der Waals surface area contributed by atoms with E-state index in [0.29, 0.717) is 0 Å². The summed E-state index contributed by atoms with van der Waals surface area (Å²) < 4.78 is 0. The molecule has 1 aliphatic rings. The first-order chi connectivity index (χ1) is 23.3. The van der Waals surface area contributed by atoms with Gasteiger partial charge in [0.15, 0.2) is 0 Å². The zero-order valence-electron chi connectivity index (χ0n) is 26.1. The predicted molar refractivity (Wildman–Crippen MR) is 200 cm³/mol. The fourth-order valence-corrected chi connectivity index (χ4v) is 7.65. The maximum absolute atomic E-state index is 5.35. The topological polar surface area (TPSA) is 12.4 Å². The van der Waals surface area contributed by atoms with Gasteiger partial charge in [-0.15, -0.1) is 0 Å². The summed E-state index contributed by atoms with van der Waals surface area (Å²) in [6.45, 7) is 0. The molecule has 1 unspecified atom stereocenters. The molecule has 0 spiro atoms. The predicted octanol–water partition coefficient (Wildman–Crippen LogP) is 12.3. The van der Waals surface area contributed by atoms with Crippen LogP contribution in [-0.2, 0) is 6.42 Å². The number of aliphatic imine (C=N–C) groups is 1. The van der Waals surface area contributed by atoms with Gasteiger partial charge in [0.1, 0.15) is 0 Å². The maximum Gasteiger partial charge on any atom is 0.0665 e. The molecule has 1 atom stereocenters. The fourth-order valence-electron chi connectivity index (χ4n) is 7.65. The molecular weight excluding hydrogens is 567 g/mol. The summed E-state index contributed by atoms with van der Waals surface area (Å²) in [6.07, 6.45) is 2.05. The van der Waals surface area contributed by atoms with E-state index in [-0.39, 0.29) is 5.92 Å². The summed E-state index contributed by atoms with van der Waals surface area (Å²) in [5.41, 5.74) is 11.1. The highest BCUT2D eigenvalue weighted by atomic mass is 14.8. The second-order valence-corrected chi connectivity index (χ2v) is 12.6. The van der Waals surface area contributed by atoms with Crippen LogP contribution < -0.4 is 0 Å². The average Bonchev–Trinajstić information content (AvgIpc) is 3.34. The Hall–Kier alpha value is -5.79. The Morgan fingerprint density at radius 1 is 0.426 bits per heavy atom. The number of aryl methyl sites for hydroxylation is 1. The van der Waals surface area contributed by atoms with Gasteiger partial charge in [-0.25, -0.2) is 0 Å². The van der Waals surface area contributed by atoms with Crippen LogP contribution in [0.4, 0.5) is 5.69 Å². The van der Waals surface area contributed by atoms with Crippen molar-refractivity contribution in [2.75, 3.05) is 0 Å². The van der Waals surface area contributed by atoms with Crippen LogP contribution in [0, 0.1) is 0 Å². The SMILES string of the molecule is c1ccc(C2CCc3ccccc3N=C2c2ccc(-c3c4ccccc4c(-c4ccc5ccccc5c4)c4ccccc34)cc2)cc1. The first-order valence-corrected chi connectivity index (χ1v) is 16.6. The number of benzene rings is 8. The molecule has 1 heterocycles. The van der Waals surface area contributed by atoms with Crippen LogP contribution in [-0.4, -0.2) is 5.71 Å². The van der Waals surface area contributed by atoms with Crippen LogP contribution in [0.2, 0.25) is 0 Å². The Balaban J connectivity index is 1.22. The number of nitrogens with zero attached hydrogens (tertiary/aromatic N) is 1. The maximum atomic E-state index is 5.35. The van der Waals surface area contributed by atoms with Gasteiger partial charge in [-0.2, -0.15) is 0 Å². The summed E-state index contributed by atoms with van der Waals surface area (Å²) in [4.78, 5) is 5.35. The Labute approximate surface area is 275 Å². The summed E-state index contributed by atoms with van der Waals surface area (Å²) in [6, 6.07) is 62.0. The lowest BCUT2D eigenvalue weighted by atomic mass is 9.84. The zero-order valence-corrected chi connectivity index (χ0v) is 26.1. The Kier molecular flexibility index (Phi) is 6.75. The molecule has 0 aromatic heterocycles. The Morgan fingerprint density at radius 2 is 0.957 bits per heavy atom. The van der Waals surface area contributed by atoms with Crippen molar-refractivity contribution in [2.45, 2.75) is 18.8 Å². The smallest absolute Gasteiger partial charge is 0.0665 e. The molecule has 0 amide bonds. The van der Waals surface area contributed by atoms with Crippen molar-refractivity contribution in [1.29, 1.82) is 0 Å². The van der Waals surface area contributed by atoms with Crippen molar-refractivity contribution < 1.29 is 0 Å². The lowest BCUT2D eigenvalue weighted by Crippen LogP contribution is -2.14. The molecule has 0 bridgehead atoms. The minimum absolute atomic E-state index is 0.234. The molecule has 0 aliphatic carbocycles. The minimum atomic E-state index is 0.234. The molecular formula is C46H33N. The highest BCUT2D eigenvalue weighted by Gasteiger charge is 2.24. The van der Waals surface area contributed by atoms with Crippen LogP contribution in [0.3, 0.4) is 0 Å². The van der Waals surface area contributed by atoms with Gasteiger partial charge >= 0.3 is 0 Å². The molecule has 0 radical (unpaired) electrons. The van der Waals surface area contributed by atoms with E-state index in [1.165, 1.54) is 71.3 Å². The Bertz CT molecular complexity index is 2390.